The number of nitrogens with zero attached hydrogens (tertiary/aromatic N) is 3. The Balaban J connectivity index is 2.74. The Bertz CT molecular complexity index is 374. The number of nitrogens with one attached hydrogen (secondary N) is 2. The fourth-order valence-corrected chi connectivity index (χ4v) is 1.51. The van der Waals surface area contributed by atoms with Gasteiger partial charge in [-0.3, -0.25) is 10.1 Å². The maximum atomic E-state index is 10.8. The van der Waals surface area contributed by atoms with E-state index in [1.54, 1.807) is 14.0 Å². The van der Waals surface area contributed by atoms with Crippen LogP contribution in [0.15, 0.2) is 0 Å². The molecule has 0 bridgehead atoms. The standard InChI is InChI=1S/C9H17N5O2/c1-4-10-5-6-11-9-8(14(15)16)7(2)12-13(9)3/h10-11H,4-6H2,1-3H3. The van der Waals surface area contributed by atoms with Crippen LogP contribution < -0.4 is 10.6 Å². The van der Waals surface area contributed by atoms with E-state index in [1.165, 1.54) is 4.68 Å². The number of nitro groups is 1. The van der Waals surface area contributed by atoms with Crippen molar-refractivity contribution < 1.29 is 4.92 Å². The monoisotopic (exact) mass is 227 g/mol. The number of aromatic nitrogens is 2. The van der Waals surface area contributed by atoms with Gasteiger partial charge in [0, 0.05) is 20.1 Å². The SMILES string of the molecule is CCNCCNc1c([N+](=O)[O-])c(C)nn1C. The summed E-state index contributed by atoms with van der Waals surface area (Å²) in [6.45, 7) is 5.92. The van der Waals surface area contributed by atoms with Crippen LogP contribution in [0, 0.1) is 17.0 Å². The summed E-state index contributed by atoms with van der Waals surface area (Å²) >= 11 is 0. The third kappa shape index (κ3) is 2.69. The van der Waals surface area contributed by atoms with Crippen molar-refractivity contribution in [3.63, 3.8) is 0 Å². The predicted molar refractivity (Wildman–Crippen MR) is 61.6 cm³/mol. The fourth-order valence-electron chi connectivity index (χ4n) is 1.51. The second kappa shape index (κ2) is 5.45. The van der Waals surface area contributed by atoms with Gasteiger partial charge in [-0.2, -0.15) is 5.10 Å². The highest BCUT2D eigenvalue weighted by atomic mass is 16.6. The predicted octanol–water partition coefficient (Wildman–Crippen LogP) is 0.658. The molecule has 0 saturated heterocycles. The van der Waals surface area contributed by atoms with Gasteiger partial charge in [-0.15, -0.1) is 0 Å². The highest BCUT2D eigenvalue weighted by molar-refractivity contribution is 5.59. The summed E-state index contributed by atoms with van der Waals surface area (Å²) in [4.78, 5) is 10.4. The third-order valence-electron chi connectivity index (χ3n) is 2.22. The highest BCUT2D eigenvalue weighted by Gasteiger charge is 2.23. The zero-order valence-electron chi connectivity index (χ0n) is 9.78. The highest BCUT2D eigenvalue weighted by Crippen LogP contribution is 2.26. The summed E-state index contributed by atoms with van der Waals surface area (Å²) in [6, 6.07) is 0. The third-order valence-corrected chi connectivity index (χ3v) is 2.22. The van der Waals surface area contributed by atoms with E-state index >= 15 is 0 Å². The molecule has 0 unspecified atom stereocenters. The van der Waals surface area contributed by atoms with Crippen molar-refractivity contribution in [2.45, 2.75) is 13.8 Å². The summed E-state index contributed by atoms with van der Waals surface area (Å²) in [7, 11) is 1.69. The first-order chi connectivity index (χ1) is 7.57. The molecule has 1 aromatic rings. The Morgan fingerprint density at radius 3 is 2.75 bits per heavy atom. The van der Waals surface area contributed by atoms with Gasteiger partial charge in [-0.25, -0.2) is 4.68 Å². The van der Waals surface area contributed by atoms with E-state index in [4.69, 9.17) is 0 Å². The first-order valence-corrected chi connectivity index (χ1v) is 5.20. The van der Waals surface area contributed by atoms with Crippen molar-refractivity contribution in [1.82, 2.24) is 15.1 Å². The average molecular weight is 227 g/mol. The zero-order chi connectivity index (χ0) is 12.1. The second-order valence-corrected chi connectivity index (χ2v) is 3.44. The Kier molecular flexibility index (Phi) is 4.24. The van der Waals surface area contributed by atoms with E-state index in [2.05, 4.69) is 15.7 Å². The molecule has 1 aromatic heterocycles. The van der Waals surface area contributed by atoms with E-state index in [0.717, 1.165) is 13.1 Å². The van der Waals surface area contributed by atoms with Gasteiger partial charge in [0.15, 0.2) is 0 Å². The summed E-state index contributed by atoms with van der Waals surface area (Å²) in [6.07, 6.45) is 0. The smallest absolute Gasteiger partial charge is 0.333 e. The van der Waals surface area contributed by atoms with Gasteiger partial charge >= 0.3 is 5.69 Å². The molecule has 0 aliphatic rings. The summed E-state index contributed by atoms with van der Waals surface area (Å²) in [5, 5.41) is 21.0. The zero-order valence-corrected chi connectivity index (χ0v) is 9.78. The average Bonchev–Trinajstić information content (AvgIpc) is 2.48. The molecule has 90 valence electrons. The van der Waals surface area contributed by atoms with E-state index in [-0.39, 0.29) is 5.69 Å². The van der Waals surface area contributed by atoms with Gasteiger partial charge in [0.05, 0.1) is 4.92 Å². The van der Waals surface area contributed by atoms with Crippen LogP contribution in [0.5, 0.6) is 0 Å². The molecule has 1 rings (SSSR count). The number of hydrogen-bond donors (Lipinski definition) is 2. The number of rotatable bonds is 6. The Hall–Kier alpha value is -1.63. The molecule has 7 nitrogen and oxygen atoms in total. The minimum absolute atomic E-state index is 0.0546. The van der Waals surface area contributed by atoms with Crippen LogP contribution in [-0.4, -0.2) is 34.3 Å². The van der Waals surface area contributed by atoms with Gasteiger partial charge in [0.25, 0.3) is 0 Å². The number of likely N-dealkylation sites (N-methyl/N-ethyl adjacent to an activating group) is 1. The lowest BCUT2D eigenvalue weighted by atomic mass is 10.4. The summed E-state index contributed by atoms with van der Waals surface area (Å²) in [5.41, 5.74) is 0.484. The van der Waals surface area contributed by atoms with E-state index in [9.17, 15) is 10.1 Å². The molecule has 16 heavy (non-hydrogen) atoms. The van der Waals surface area contributed by atoms with E-state index in [0.29, 0.717) is 18.1 Å². The van der Waals surface area contributed by atoms with Crippen molar-refractivity contribution in [3.8, 4) is 0 Å². The van der Waals surface area contributed by atoms with Crippen LogP contribution >= 0.6 is 0 Å². The molecule has 0 atom stereocenters. The van der Waals surface area contributed by atoms with Crippen molar-refractivity contribution in [2.24, 2.45) is 7.05 Å². The van der Waals surface area contributed by atoms with Gasteiger partial charge < -0.3 is 10.6 Å². The minimum Gasteiger partial charge on any atom is -0.363 e. The van der Waals surface area contributed by atoms with E-state index in [1.807, 2.05) is 6.92 Å². The summed E-state index contributed by atoms with van der Waals surface area (Å²) in [5.74, 6) is 0.459. The largest absolute Gasteiger partial charge is 0.363 e. The summed E-state index contributed by atoms with van der Waals surface area (Å²) < 4.78 is 1.50. The second-order valence-electron chi connectivity index (χ2n) is 3.44. The first kappa shape index (κ1) is 12.4. The van der Waals surface area contributed by atoms with Crippen LogP contribution in [0.4, 0.5) is 11.5 Å². The molecule has 0 aliphatic heterocycles. The molecule has 7 heteroatoms. The molecule has 1 heterocycles. The fraction of sp³-hybridized carbons (Fsp3) is 0.667. The molecule has 0 fully saturated rings. The van der Waals surface area contributed by atoms with Crippen molar-refractivity contribution in [1.29, 1.82) is 0 Å². The maximum Gasteiger partial charge on any atom is 0.333 e. The molecule has 0 aliphatic carbocycles. The molecular formula is C9H17N5O2. The van der Waals surface area contributed by atoms with Gasteiger partial charge in [0.2, 0.25) is 5.82 Å². The van der Waals surface area contributed by atoms with Crippen molar-refractivity contribution in [2.75, 3.05) is 25.0 Å². The van der Waals surface area contributed by atoms with Crippen LogP contribution in [0.1, 0.15) is 12.6 Å². The van der Waals surface area contributed by atoms with Crippen molar-refractivity contribution in [3.05, 3.63) is 15.8 Å². The lowest BCUT2D eigenvalue weighted by molar-refractivity contribution is -0.384. The minimum atomic E-state index is -0.405. The number of aryl methyl sites for hydroxylation is 2. The molecule has 0 spiro atoms. The van der Waals surface area contributed by atoms with Gasteiger partial charge in [-0.05, 0) is 13.5 Å². The Morgan fingerprint density at radius 2 is 2.19 bits per heavy atom. The van der Waals surface area contributed by atoms with Gasteiger partial charge in [-0.1, -0.05) is 6.92 Å². The molecule has 0 radical (unpaired) electrons. The van der Waals surface area contributed by atoms with Crippen LogP contribution in [0.3, 0.4) is 0 Å². The Labute approximate surface area is 94.0 Å². The molecule has 0 amide bonds. The first-order valence-electron chi connectivity index (χ1n) is 5.20. The lowest BCUT2D eigenvalue weighted by Crippen LogP contribution is -2.22. The number of anilines is 1. The quantitative estimate of drug-likeness (QED) is 0.423. The molecule has 0 saturated carbocycles. The van der Waals surface area contributed by atoms with Gasteiger partial charge in [0.1, 0.15) is 5.69 Å². The lowest BCUT2D eigenvalue weighted by Gasteiger charge is -2.05. The Morgan fingerprint density at radius 1 is 1.50 bits per heavy atom. The topological polar surface area (TPSA) is 85.0 Å². The maximum absolute atomic E-state index is 10.8. The van der Waals surface area contributed by atoms with Crippen LogP contribution in [0.2, 0.25) is 0 Å². The van der Waals surface area contributed by atoms with Crippen molar-refractivity contribution >= 4 is 11.5 Å². The molecule has 2 N–H and O–H groups in total. The normalized spacial score (nSPS) is 10.4. The van der Waals surface area contributed by atoms with Crippen LogP contribution in [-0.2, 0) is 7.05 Å². The van der Waals surface area contributed by atoms with E-state index < -0.39 is 4.92 Å². The molecular weight excluding hydrogens is 210 g/mol. The number of hydrogen-bond acceptors (Lipinski definition) is 5. The van der Waals surface area contributed by atoms with Crippen LogP contribution in [0.25, 0.3) is 0 Å². The molecule has 0 aromatic carbocycles.